The summed E-state index contributed by atoms with van der Waals surface area (Å²) in [5.41, 5.74) is 2.86. The molecule has 0 aromatic carbocycles. The highest BCUT2D eigenvalue weighted by atomic mass is 16.4. The van der Waals surface area contributed by atoms with Crippen molar-refractivity contribution in [3.8, 4) is 0 Å². The van der Waals surface area contributed by atoms with Gasteiger partial charge in [-0.3, -0.25) is 48.5 Å². The molecule has 1 fully saturated rings. The Hall–Kier alpha value is -5.68. The fourth-order valence-electron chi connectivity index (χ4n) is 11.8. The van der Waals surface area contributed by atoms with Gasteiger partial charge in [-0.05, 0) is 63.7 Å². The largest absolute Gasteiger partial charge is 0.481 e. The van der Waals surface area contributed by atoms with Crippen molar-refractivity contribution < 1.29 is 64.2 Å². The number of amides is 1. The maximum Gasteiger partial charge on any atom is 0.304 e. The molecule has 5 aliphatic heterocycles. The molecular formula is C45H61N5O13. The Morgan fingerprint density at radius 2 is 1.22 bits per heavy atom. The van der Waals surface area contributed by atoms with E-state index in [4.69, 9.17) is 20.7 Å². The molecule has 1 amide bonds. The molecule has 0 aromatic heterocycles. The molecule has 0 aliphatic carbocycles. The van der Waals surface area contributed by atoms with Crippen molar-refractivity contribution in [2.45, 2.75) is 138 Å². The molecule has 18 nitrogen and oxygen atoms in total. The second-order valence-corrected chi connectivity index (χ2v) is 19.5. The Morgan fingerprint density at radius 1 is 0.683 bits per heavy atom. The van der Waals surface area contributed by atoms with E-state index in [0.717, 1.165) is 0 Å². The van der Waals surface area contributed by atoms with E-state index in [0.29, 0.717) is 39.7 Å². The van der Waals surface area contributed by atoms with Gasteiger partial charge < -0.3 is 41.7 Å². The van der Waals surface area contributed by atoms with Crippen LogP contribution in [0, 0.1) is 45.3 Å². The maximum absolute atomic E-state index is 13.1. The summed E-state index contributed by atoms with van der Waals surface area (Å²) in [6.45, 7) is 14.2. The van der Waals surface area contributed by atoms with Crippen molar-refractivity contribution in [1.29, 1.82) is 0 Å². The van der Waals surface area contributed by atoms with Crippen LogP contribution in [-0.2, 0) is 33.6 Å². The Balaban J connectivity index is 2.03. The number of nitrogens with one attached hydrogen (secondary N) is 1. The number of fused-ring (bicyclic) bond motifs is 6. The number of hydrogen-bond donors (Lipinski definition) is 8. The van der Waals surface area contributed by atoms with E-state index in [1.54, 1.807) is 47.6 Å². The van der Waals surface area contributed by atoms with Crippen LogP contribution >= 0.6 is 0 Å². The predicted molar refractivity (Wildman–Crippen MR) is 229 cm³/mol. The number of rotatable bonds is 18. The third-order valence-electron chi connectivity index (χ3n) is 15.3. The molecule has 63 heavy (non-hydrogen) atoms. The van der Waals surface area contributed by atoms with Gasteiger partial charge in [0, 0.05) is 106 Å². The number of carboxylic acid groups (broad SMARTS) is 6. The predicted octanol–water partition coefficient (Wildman–Crippen LogP) is 5.32. The van der Waals surface area contributed by atoms with Gasteiger partial charge >= 0.3 is 35.8 Å². The smallest absolute Gasteiger partial charge is 0.304 e. The number of nitrogens with two attached hydrogens (primary N) is 1. The first-order valence-corrected chi connectivity index (χ1v) is 21.3. The summed E-state index contributed by atoms with van der Waals surface area (Å²) in [6, 6.07) is -1.13. The van der Waals surface area contributed by atoms with Crippen LogP contribution in [-0.4, -0.2) is 101 Å². The van der Waals surface area contributed by atoms with Crippen LogP contribution in [0.25, 0.3) is 0 Å². The summed E-state index contributed by atoms with van der Waals surface area (Å²) < 4.78 is 0. The molecule has 0 radical (unpaired) electrons. The van der Waals surface area contributed by atoms with E-state index >= 15 is 0 Å². The van der Waals surface area contributed by atoms with E-state index in [1.165, 1.54) is 0 Å². The number of carboxylic acids is 6. The molecule has 344 valence electrons. The van der Waals surface area contributed by atoms with Crippen molar-refractivity contribution in [3.05, 3.63) is 34.3 Å². The first-order chi connectivity index (χ1) is 29.0. The minimum absolute atomic E-state index is 0.0180. The molecule has 5 heterocycles. The van der Waals surface area contributed by atoms with E-state index in [9.17, 15) is 64.2 Å². The average Bonchev–Trinajstić information content (AvgIpc) is 3.75. The third-order valence-corrected chi connectivity index (χ3v) is 15.3. The monoisotopic (exact) mass is 879 g/mol. The standard InChI is InChI=1S/C45H61N5O13/c1-21-36-24(10-13-31(54)55)41(3,4)28(48-36)18-27-23(9-12-30(52)53)43(6,19-29(46)51)39(47-27)22(2)37-25(11-14-32(56)57)44(7,20-35(62)63)45(8,50-37)40-26(17-34(60)61)42(5,38(21)49-40)16-15-33(58)59/h18,23-26,40,48H,9-17,19-20H2,1-8H3,(H2,46,51)(H,52,53)(H,54,55)(H,56,57)(H,58,59)(H,60,61)(H,62,63)/b28-18-,36-21-,39-22-/t23-,24-,25-,26+,40-,42-,43+,44+,45+/m1/s1. The minimum Gasteiger partial charge on any atom is -0.481 e. The lowest BCUT2D eigenvalue weighted by molar-refractivity contribution is -0.143. The summed E-state index contributed by atoms with van der Waals surface area (Å²) in [6.07, 6.45) is -0.972. The lowest BCUT2D eigenvalue weighted by Crippen LogP contribution is -2.55. The van der Waals surface area contributed by atoms with Crippen LogP contribution in [0.1, 0.15) is 126 Å². The summed E-state index contributed by atoms with van der Waals surface area (Å²) in [7, 11) is 0. The maximum atomic E-state index is 13.1. The van der Waals surface area contributed by atoms with Crippen LogP contribution in [0.3, 0.4) is 0 Å². The van der Waals surface area contributed by atoms with Crippen molar-refractivity contribution in [1.82, 2.24) is 5.32 Å². The molecule has 0 unspecified atom stereocenters. The SMILES string of the molecule is C/C1=C2/N/C(=C\C3=NC(=C(/C)C4=N[C@@](C)([C@@H]5N=C1[C@](C)(CCC(=O)O)[C@H]5CC(=O)O)[C@@](C)(CC(=O)O)[C@@H]4CCC(=O)O)/[C@@](C)(CC(N)=O)[C@@H]3CCC(=O)O)C(C)(C)[C@@H]2CCC(=O)O. The highest BCUT2D eigenvalue weighted by molar-refractivity contribution is 6.09. The number of carbonyl (C=O) groups is 7. The van der Waals surface area contributed by atoms with Crippen LogP contribution in [0.5, 0.6) is 0 Å². The highest BCUT2D eigenvalue weighted by Gasteiger charge is 2.66. The average molecular weight is 880 g/mol. The fraction of sp³-hybridized carbons (Fsp3) is 0.644. The number of aliphatic imine (C=N–C) groups is 3. The second kappa shape index (κ2) is 17.1. The topological polar surface area (TPSA) is 316 Å². The van der Waals surface area contributed by atoms with E-state index in [2.05, 4.69) is 5.32 Å². The Kier molecular flexibility index (Phi) is 13.1. The van der Waals surface area contributed by atoms with Crippen LogP contribution in [0.4, 0.5) is 0 Å². The Bertz CT molecular complexity index is 2220. The molecule has 0 spiro atoms. The van der Waals surface area contributed by atoms with Crippen LogP contribution < -0.4 is 11.1 Å². The first kappa shape index (κ1) is 48.4. The number of primary amides is 1. The Labute approximate surface area is 365 Å². The first-order valence-electron chi connectivity index (χ1n) is 21.3. The van der Waals surface area contributed by atoms with Gasteiger partial charge in [-0.15, -0.1) is 0 Å². The molecule has 9 atom stereocenters. The molecule has 8 bridgehead atoms. The van der Waals surface area contributed by atoms with Gasteiger partial charge in [-0.1, -0.05) is 34.6 Å². The molecule has 9 N–H and O–H groups in total. The van der Waals surface area contributed by atoms with Crippen molar-refractivity contribution in [3.63, 3.8) is 0 Å². The summed E-state index contributed by atoms with van der Waals surface area (Å²) >= 11 is 0. The normalized spacial score (nSPS) is 36.2. The molecule has 5 rings (SSSR count). The zero-order valence-electron chi connectivity index (χ0n) is 37.2. The van der Waals surface area contributed by atoms with Gasteiger partial charge in [-0.2, -0.15) is 0 Å². The number of hydrogen-bond acceptors (Lipinski definition) is 11. The zero-order valence-corrected chi connectivity index (χ0v) is 37.2. The van der Waals surface area contributed by atoms with Gasteiger partial charge in [-0.25, -0.2) is 0 Å². The van der Waals surface area contributed by atoms with E-state index in [-0.39, 0.29) is 57.1 Å². The lowest BCUT2D eigenvalue weighted by atomic mass is 9.55. The van der Waals surface area contributed by atoms with Gasteiger partial charge in [0.2, 0.25) is 5.91 Å². The van der Waals surface area contributed by atoms with Gasteiger partial charge in [0.25, 0.3) is 0 Å². The van der Waals surface area contributed by atoms with Crippen molar-refractivity contribution >= 4 is 58.9 Å². The molecular weight excluding hydrogens is 819 g/mol. The minimum atomic E-state index is -1.61. The van der Waals surface area contributed by atoms with Crippen molar-refractivity contribution in [2.75, 3.05) is 0 Å². The molecule has 5 aliphatic rings. The second-order valence-electron chi connectivity index (χ2n) is 19.5. The zero-order chi connectivity index (χ0) is 47.4. The number of aliphatic carboxylic acids is 6. The van der Waals surface area contributed by atoms with E-state index in [1.807, 2.05) is 13.8 Å². The van der Waals surface area contributed by atoms with Gasteiger partial charge in [0.15, 0.2) is 0 Å². The van der Waals surface area contributed by atoms with Crippen molar-refractivity contribution in [2.24, 2.45) is 66.0 Å². The number of nitrogens with zero attached hydrogens (tertiary/aromatic N) is 3. The summed E-state index contributed by atoms with van der Waals surface area (Å²) in [5.74, 6) is -10.8. The highest BCUT2D eigenvalue weighted by Crippen LogP contribution is 2.62. The molecule has 0 saturated carbocycles. The summed E-state index contributed by atoms with van der Waals surface area (Å²) in [4.78, 5) is 104. The molecule has 1 saturated heterocycles. The molecule has 18 heteroatoms. The van der Waals surface area contributed by atoms with Gasteiger partial charge in [0.1, 0.15) is 0 Å². The van der Waals surface area contributed by atoms with Crippen LogP contribution in [0.15, 0.2) is 49.3 Å². The number of carbonyl (C=O) groups excluding carboxylic acids is 1. The Morgan fingerprint density at radius 3 is 1.73 bits per heavy atom. The van der Waals surface area contributed by atoms with E-state index < -0.39 is 118 Å². The lowest BCUT2D eigenvalue weighted by Gasteiger charge is -2.48. The molecule has 0 aromatic rings. The fourth-order valence-corrected chi connectivity index (χ4v) is 11.8. The quantitative estimate of drug-likeness (QED) is 0.0864. The summed E-state index contributed by atoms with van der Waals surface area (Å²) in [5, 5.41) is 64.8. The number of allylic oxidation sites excluding steroid dienone is 6. The van der Waals surface area contributed by atoms with Crippen LogP contribution in [0.2, 0.25) is 0 Å². The third kappa shape index (κ3) is 8.56. The van der Waals surface area contributed by atoms with Gasteiger partial charge in [0.05, 0.1) is 30.1 Å².